The lowest BCUT2D eigenvalue weighted by Crippen LogP contribution is -2.31. The van der Waals surface area contributed by atoms with Gasteiger partial charge in [-0.3, -0.25) is 14.5 Å². The number of rotatable bonds is 10. The first-order chi connectivity index (χ1) is 16.5. The van der Waals surface area contributed by atoms with Gasteiger partial charge in [0.05, 0.1) is 49.9 Å². The van der Waals surface area contributed by atoms with Crippen LogP contribution in [0.5, 0.6) is 11.5 Å². The van der Waals surface area contributed by atoms with Crippen molar-refractivity contribution in [3.63, 3.8) is 0 Å². The van der Waals surface area contributed by atoms with Crippen LogP contribution in [0.3, 0.4) is 0 Å². The van der Waals surface area contributed by atoms with Crippen LogP contribution in [0, 0.1) is 0 Å². The number of ketones is 1. The van der Waals surface area contributed by atoms with Gasteiger partial charge in [0.2, 0.25) is 0 Å². The molecule has 0 bridgehead atoms. The number of hydrogen-bond acceptors (Lipinski definition) is 8. The molecular formula is C25H28N6O3. The van der Waals surface area contributed by atoms with Crippen LogP contribution >= 0.6 is 0 Å². The third-order valence-corrected chi connectivity index (χ3v) is 5.37. The fraction of sp³-hybridized carbons (Fsp3) is 0.280. The lowest BCUT2D eigenvalue weighted by Gasteiger charge is -2.26. The standard InChI is InChI=1S/C25H28N6O3/c1-17(32)13-26-7-8-31(20-9-21(33-3)12-22(10-20)34-4)19-5-6-23-24(11-19)29-25(15-27-23)18-14-28-30(2)16-18/h5-6,9-12,14-16,26H,7-8,13H2,1-4H3. The van der Waals surface area contributed by atoms with Crippen LogP contribution in [-0.4, -0.2) is 59.4 Å². The monoisotopic (exact) mass is 460 g/mol. The Bertz CT molecular complexity index is 1280. The van der Waals surface area contributed by atoms with Crippen LogP contribution < -0.4 is 19.7 Å². The predicted molar refractivity (Wildman–Crippen MR) is 132 cm³/mol. The molecule has 1 N–H and O–H groups in total. The lowest BCUT2D eigenvalue weighted by molar-refractivity contribution is -0.116. The summed E-state index contributed by atoms with van der Waals surface area (Å²) in [6, 6.07) is 11.7. The number of carbonyl (C=O) groups excluding carboxylic acids is 1. The molecule has 0 aliphatic heterocycles. The number of methoxy groups -OCH3 is 2. The molecule has 0 spiro atoms. The molecule has 0 atom stereocenters. The smallest absolute Gasteiger partial charge is 0.143 e. The number of aryl methyl sites for hydroxylation is 1. The number of benzene rings is 2. The zero-order valence-electron chi connectivity index (χ0n) is 19.8. The van der Waals surface area contributed by atoms with E-state index in [4.69, 9.17) is 14.5 Å². The number of nitrogens with one attached hydrogen (secondary N) is 1. The molecule has 0 aliphatic carbocycles. The van der Waals surface area contributed by atoms with Crippen LogP contribution in [0.2, 0.25) is 0 Å². The molecule has 176 valence electrons. The maximum absolute atomic E-state index is 11.4. The van der Waals surface area contributed by atoms with E-state index in [1.54, 1.807) is 38.2 Å². The summed E-state index contributed by atoms with van der Waals surface area (Å²) in [7, 11) is 5.13. The van der Waals surface area contributed by atoms with Crippen molar-refractivity contribution in [2.24, 2.45) is 7.05 Å². The topological polar surface area (TPSA) is 94.4 Å². The minimum Gasteiger partial charge on any atom is -0.497 e. The van der Waals surface area contributed by atoms with Crippen molar-refractivity contribution in [3.05, 3.63) is 55.0 Å². The molecule has 9 heteroatoms. The van der Waals surface area contributed by atoms with Crippen molar-refractivity contribution >= 4 is 28.2 Å². The summed E-state index contributed by atoms with van der Waals surface area (Å²) in [5.41, 5.74) is 5.08. The van der Waals surface area contributed by atoms with E-state index in [2.05, 4.69) is 20.3 Å². The van der Waals surface area contributed by atoms with Gasteiger partial charge < -0.3 is 19.7 Å². The second kappa shape index (κ2) is 10.3. The Morgan fingerprint density at radius 2 is 1.79 bits per heavy atom. The molecule has 9 nitrogen and oxygen atoms in total. The summed E-state index contributed by atoms with van der Waals surface area (Å²) in [6.07, 6.45) is 5.44. The predicted octanol–water partition coefficient (Wildman–Crippen LogP) is 3.36. The summed E-state index contributed by atoms with van der Waals surface area (Å²) in [6.45, 7) is 3.12. The first kappa shape index (κ1) is 23.2. The molecule has 4 rings (SSSR count). The molecule has 2 aromatic carbocycles. The third-order valence-electron chi connectivity index (χ3n) is 5.37. The molecule has 34 heavy (non-hydrogen) atoms. The minimum absolute atomic E-state index is 0.0958. The Hall–Kier alpha value is -3.98. The Balaban J connectivity index is 1.73. The summed E-state index contributed by atoms with van der Waals surface area (Å²) in [5, 5.41) is 7.42. The fourth-order valence-corrected chi connectivity index (χ4v) is 3.67. The molecule has 0 saturated carbocycles. The van der Waals surface area contributed by atoms with E-state index in [0.29, 0.717) is 31.1 Å². The lowest BCUT2D eigenvalue weighted by atomic mass is 10.2. The number of hydrogen-bond donors (Lipinski definition) is 1. The third kappa shape index (κ3) is 5.32. The highest BCUT2D eigenvalue weighted by molar-refractivity contribution is 5.83. The molecule has 4 aromatic rings. The van der Waals surface area contributed by atoms with Gasteiger partial charge in [-0.2, -0.15) is 5.10 Å². The highest BCUT2D eigenvalue weighted by Gasteiger charge is 2.14. The molecule has 0 amide bonds. The number of carbonyl (C=O) groups is 1. The summed E-state index contributed by atoms with van der Waals surface area (Å²) in [4.78, 5) is 22.9. The first-order valence-corrected chi connectivity index (χ1v) is 10.9. The van der Waals surface area contributed by atoms with E-state index in [0.717, 1.165) is 33.7 Å². The van der Waals surface area contributed by atoms with Crippen LogP contribution in [0.15, 0.2) is 55.0 Å². The van der Waals surface area contributed by atoms with Crippen molar-refractivity contribution in [2.75, 3.05) is 38.8 Å². The second-order valence-electron chi connectivity index (χ2n) is 7.93. The van der Waals surface area contributed by atoms with E-state index in [9.17, 15) is 4.79 Å². The van der Waals surface area contributed by atoms with Gasteiger partial charge in [-0.05, 0) is 25.1 Å². The fourth-order valence-electron chi connectivity index (χ4n) is 3.67. The average Bonchev–Trinajstić information content (AvgIpc) is 3.29. The van der Waals surface area contributed by atoms with Crippen molar-refractivity contribution in [2.45, 2.75) is 6.92 Å². The molecule has 2 aromatic heterocycles. The van der Waals surface area contributed by atoms with E-state index in [1.807, 2.05) is 49.6 Å². The Morgan fingerprint density at radius 1 is 1.03 bits per heavy atom. The van der Waals surface area contributed by atoms with Gasteiger partial charge in [-0.25, -0.2) is 4.98 Å². The summed E-state index contributed by atoms with van der Waals surface area (Å²) < 4.78 is 12.7. The van der Waals surface area contributed by atoms with Crippen molar-refractivity contribution in [1.29, 1.82) is 0 Å². The van der Waals surface area contributed by atoms with Crippen molar-refractivity contribution < 1.29 is 14.3 Å². The van der Waals surface area contributed by atoms with E-state index >= 15 is 0 Å². The number of nitrogens with zero attached hydrogens (tertiary/aromatic N) is 5. The number of anilines is 2. The number of Topliss-reactive ketones (excluding diaryl/α,β-unsaturated/α-hetero) is 1. The summed E-state index contributed by atoms with van der Waals surface area (Å²) in [5.74, 6) is 1.48. The number of aromatic nitrogens is 4. The average molecular weight is 461 g/mol. The van der Waals surface area contributed by atoms with Gasteiger partial charge in [0.1, 0.15) is 17.3 Å². The van der Waals surface area contributed by atoms with Crippen LogP contribution in [0.4, 0.5) is 11.4 Å². The van der Waals surface area contributed by atoms with Gasteiger partial charge in [0.25, 0.3) is 0 Å². The molecule has 0 saturated heterocycles. The minimum atomic E-state index is 0.0958. The number of fused-ring (bicyclic) bond motifs is 1. The SMILES string of the molecule is COc1cc(OC)cc(N(CCNCC(C)=O)c2ccc3ncc(-c4cnn(C)c4)nc3c2)c1. The Morgan fingerprint density at radius 3 is 2.44 bits per heavy atom. The second-order valence-corrected chi connectivity index (χ2v) is 7.93. The quantitative estimate of drug-likeness (QED) is 0.360. The highest BCUT2D eigenvalue weighted by atomic mass is 16.5. The van der Waals surface area contributed by atoms with Crippen LogP contribution in [-0.2, 0) is 11.8 Å². The molecule has 0 unspecified atom stereocenters. The molecule has 0 aliphatic rings. The molecular weight excluding hydrogens is 432 g/mol. The normalized spacial score (nSPS) is 10.9. The van der Waals surface area contributed by atoms with Gasteiger partial charge >= 0.3 is 0 Å². The van der Waals surface area contributed by atoms with Crippen LogP contribution in [0.1, 0.15) is 6.92 Å². The van der Waals surface area contributed by atoms with Gasteiger partial charge in [-0.1, -0.05) is 0 Å². The number of ether oxygens (including phenoxy) is 2. The van der Waals surface area contributed by atoms with Crippen molar-refractivity contribution in [3.8, 4) is 22.8 Å². The zero-order valence-corrected chi connectivity index (χ0v) is 19.8. The van der Waals surface area contributed by atoms with E-state index < -0.39 is 0 Å². The van der Waals surface area contributed by atoms with E-state index in [-0.39, 0.29) is 5.78 Å². The van der Waals surface area contributed by atoms with Crippen molar-refractivity contribution in [1.82, 2.24) is 25.1 Å². The van der Waals surface area contributed by atoms with Gasteiger partial charge in [-0.15, -0.1) is 0 Å². The van der Waals surface area contributed by atoms with Gasteiger partial charge in [0, 0.05) is 61.5 Å². The van der Waals surface area contributed by atoms with E-state index in [1.165, 1.54) is 0 Å². The first-order valence-electron chi connectivity index (χ1n) is 10.9. The maximum atomic E-state index is 11.4. The maximum Gasteiger partial charge on any atom is 0.143 e. The summed E-state index contributed by atoms with van der Waals surface area (Å²) >= 11 is 0. The largest absolute Gasteiger partial charge is 0.497 e. The Kier molecular flexibility index (Phi) is 7.03. The molecule has 2 heterocycles. The molecule has 0 fully saturated rings. The Labute approximate surface area is 198 Å². The van der Waals surface area contributed by atoms with Gasteiger partial charge in [0.15, 0.2) is 0 Å². The zero-order chi connectivity index (χ0) is 24.1. The highest BCUT2D eigenvalue weighted by Crippen LogP contribution is 2.34. The van der Waals surface area contributed by atoms with Crippen LogP contribution in [0.25, 0.3) is 22.3 Å². The molecule has 0 radical (unpaired) electrons.